The van der Waals surface area contributed by atoms with E-state index in [1.807, 2.05) is 0 Å². The molecule has 0 aliphatic heterocycles. The Morgan fingerprint density at radius 3 is 1.94 bits per heavy atom. The second kappa shape index (κ2) is 5.73. The molecule has 2 aliphatic carbocycles. The zero-order valence-electron chi connectivity index (χ0n) is 12.1. The molecule has 0 radical (unpaired) electrons. The van der Waals surface area contributed by atoms with Crippen molar-refractivity contribution in [1.82, 2.24) is 0 Å². The van der Waals surface area contributed by atoms with Crippen molar-refractivity contribution in [3.8, 4) is 0 Å². The summed E-state index contributed by atoms with van der Waals surface area (Å²) in [4.78, 5) is 12.6. The largest absolute Gasteiger partial charge is 0.393 e. The van der Waals surface area contributed by atoms with Crippen LogP contribution in [0.3, 0.4) is 0 Å². The second-order valence-corrected chi connectivity index (χ2v) is 6.92. The fraction of sp³-hybridized carbons (Fsp3) is 0.938. The Hall–Kier alpha value is -0.370. The molecular formula is C16H28O2. The number of aliphatic hydroxyl groups is 1. The Morgan fingerprint density at radius 2 is 1.39 bits per heavy atom. The van der Waals surface area contributed by atoms with E-state index in [1.54, 1.807) is 0 Å². The summed E-state index contributed by atoms with van der Waals surface area (Å²) in [5.74, 6) is 2.82. The van der Waals surface area contributed by atoms with Crippen molar-refractivity contribution in [2.75, 3.05) is 0 Å². The maximum atomic E-state index is 12.6. The topological polar surface area (TPSA) is 37.3 Å². The highest BCUT2D eigenvalue weighted by Crippen LogP contribution is 2.38. The molecule has 0 aromatic carbocycles. The molecule has 2 saturated carbocycles. The molecule has 0 bridgehead atoms. The van der Waals surface area contributed by atoms with Crippen LogP contribution in [0.2, 0.25) is 0 Å². The zero-order valence-corrected chi connectivity index (χ0v) is 12.1. The number of hydrogen-bond donors (Lipinski definition) is 1. The Balaban J connectivity index is 1.91. The first-order chi connectivity index (χ1) is 8.49. The van der Waals surface area contributed by atoms with Crippen molar-refractivity contribution in [3.05, 3.63) is 0 Å². The average molecular weight is 252 g/mol. The zero-order chi connectivity index (χ0) is 13.3. The Morgan fingerprint density at radius 1 is 0.833 bits per heavy atom. The fourth-order valence-corrected chi connectivity index (χ4v) is 3.78. The summed E-state index contributed by atoms with van der Waals surface area (Å²) in [5.41, 5.74) is 0. The monoisotopic (exact) mass is 252 g/mol. The third-order valence-corrected chi connectivity index (χ3v) is 5.53. The molecular weight excluding hydrogens is 224 g/mol. The first kappa shape index (κ1) is 14.0. The molecule has 2 nitrogen and oxygen atoms in total. The minimum Gasteiger partial charge on any atom is -0.393 e. The summed E-state index contributed by atoms with van der Waals surface area (Å²) in [5, 5.41) is 9.75. The highest BCUT2D eigenvalue weighted by Gasteiger charge is 2.36. The molecule has 6 atom stereocenters. The predicted octanol–water partition coefficient (Wildman–Crippen LogP) is 3.42. The molecule has 1 N–H and O–H groups in total. The van der Waals surface area contributed by atoms with Crippen LogP contribution in [0.1, 0.15) is 59.3 Å². The van der Waals surface area contributed by atoms with E-state index in [1.165, 1.54) is 6.42 Å². The summed E-state index contributed by atoms with van der Waals surface area (Å²) in [6, 6.07) is 0. The molecule has 0 aromatic rings. The van der Waals surface area contributed by atoms with Crippen LogP contribution in [0.15, 0.2) is 0 Å². The molecule has 0 heterocycles. The maximum absolute atomic E-state index is 12.6. The normalized spacial score (nSPS) is 45.8. The van der Waals surface area contributed by atoms with Crippen LogP contribution in [0.4, 0.5) is 0 Å². The van der Waals surface area contributed by atoms with Crippen LogP contribution in [0.5, 0.6) is 0 Å². The standard InChI is InChI=1S/C16H28O2/c1-10-4-5-13(8-11(10)2)16(18)14-6-7-15(17)12(3)9-14/h10-15,17H,4-9H2,1-3H3. The lowest BCUT2D eigenvalue weighted by atomic mass is 9.69. The van der Waals surface area contributed by atoms with E-state index in [-0.39, 0.29) is 12.0 Å². The maximum Gasteiger partial charge on any atom is 0.139 e. The molecule has 2 fully saturated rings. The van der Waals surface area contributed by atoms with Crippen LogP contribution in [-0.2, 0) is 4.79 Å². The minimum absolute atomic E-state index is 0.181. The summed E-state index contributed by atoms with van der Waals surface area (Å²) >= 11 is 0. The number of carbonyl (C=O) groups is 1. The highest BCUT2D eigenvalue weighted by molar-refractivity contribution is 5.83. The summed E-state index contributed by atoms with van der Waals surface area (Å²) < 4.78 is 0. The minimum atomic E-state index is -0.181. The fourth-order valence-electron chi connectivity index (χ4n) is 3.78. The third-order valence-electron chi connectivity index (χ3n) is 5.53. The molecule has 0 saturated heterocycles. The first-order valence-corrected chi connectivity index (χ1v) is 7.70. The van der Waals surface area contributed by atoms with Gasteiger partial charge in [-0.15, -0.1) is 0 Å². The van der Waals surface area contributed by atoms with Gasteiger partial charge in [-0.2, -0.15) is 0 Å². The lowest BCUT2D eigenvalue weighted by Gasteiger charge is -2.36. The predicted molar refractivity (Wildman–Crippen MR) is 73.2 cm³/mol. The van der Waals surface area contributed by atoms with Gasteiger partial charge < -0.3 is 5.11 Å². The van der Waals surface area contributed by atoms with Gasteiger partial charge in [0, 0.05) is 11.8 Å². The summed E-state index contributed by atoms with van der Waals surface area (Å²) in [7, 11) is 0. The van der Waals surface area contributed by atoms with Gasteiger partial charge in [-0.1, -0.05) is 20.8 Å². The molecule has 2 aliphatic rings. The average Bonchev–Trinajstić information content (AvgIpc) is 2.35. The lowest BCUT2D eigenvalue weighted by molar-refractivity contribution is -0.131. The van der Waals surface area contributed by atoms with Gasteiger partial charge >= 0.3 is 0 Å². The van der Waals surface area contributed by atoms with Gasteiger partial charge in [0.25, 0.3) is 0 Å². The Labute approximate surface area is 111 Å². The smallest absolute Gasteiger partial charge is 0.139 e. The van der Waals surface area contributed by atoms with Crippen molar-refractivity contribution in [3.63, 3.8) is 0 Å². The second-order valence-electron chi connectivity index (χ2n) is 6.92. The van der Waals surface area contributed by atoms with Crippen LogP contribution >= 0.6 is 0 Å². The van der Waals surface area contributed by atoms with Gasteiger partial charge in [0.05, 0.1) is 6.10 Å². The summed E-state index contributed by atoms with van der Waals surface area (Å²) in [6.07, 6.45) is 5.84. The number of rotatable bonds is 2. The third kappa shape index (κ3) is 2.96. The van der Waals surface area contributed by atoms with Gasteiger partial charge in [-0.3, -0.25) is 4.79 Å². The van der Waals surface area contributed by atoms with Gasteiger partial charge in [-0.05, 0) is 56.3 Å². The molecule has 18 heavy (non-hydrogen) atoms. The van der Waals surface area contributed by atoms with E-state index in [9.17, 15) is 9.90 Å². The van der Waals surface area contributed by atoms with Crippen LogP contribution < -0.4 is 0 Å². The molecule has 0 aromatic heterocycles. The Bertz CT molecular complexity index is 271. The first-order valence-electron chi connectivity index (χ1n) is 7.70. The van der Waals surface area contributed by atoms with Crippen molar-refractivity contribution >= 4 is 5.78 Å². The van der Waals surface area contributed by atoms with Gasteiger partial charge in [0.1, 0.15) is 5.78 Å². The van der Waals surface area contributed by atoms with Crippen LogP contribution in [0, 0.1) is 29.6 Å². The van der Waals surface area contributed by atoms with E-state index in [0.717, 1.165) is 38.0 Å². The lowest BCUT2D eigenvalue weighted by Crippen LogP contribution is -2.36. The quantitative estimate of drug-likeness (QED) is 0.817. The van der Waals surface area contributed by atoms with Crippen molar-refractivity contribution < 1.29 is 9.90 Å². The molecule has 0 amide bonds. The van der Waals surface area contributed by atoms with E-state index in [0.29, 0.717) is 23.5 Å². The summed E-state index contributed by atoms with van der Waals surface area (Å²) in [6.45, 7) is 6.68. The van der Waals surface area contributed by atoms with Gasteiger partial charge in [0.15, 0.2) is 0 Å². The van der Waals surface area contributed by atoms with E-state index in [4.69, 9.17) is 0 Å². The number of hydrogen-bond acceptors (Lipinski definition) is 2. The molecule has 0 spiro atoms. The van der Waals surface area contributed by atoms with Crippen molar-refractivity contribution in [1.29, 1.82) is 0 Å². The SMILES string of the molecule is CC1CCC(C(=O)C2CCC(O)C(C)C2)CC1C. The van der Waals surface area contributed by atoms with Crippen molar-refractivity contribution in [2.24, 2.45) is 29.6 Å². The van der Waals surface area contributed by atoms with Gasteiger partial charge in [0.2, 0.25) is 0 Å². The number of Topliss-reactive ketones (excluding diaryl/α,β-unsaturated/α-hetero) is 1. The number of ketones is 1. The van der Waals surface area contributed by atoms with Crippen LogP contribution in [0.25, 0.3) is 0 Å². The van der Waals surface area contributed by atoms with Crippen LogP contribution in [-0.4, -0.2) is 17.0 Å². The number of carbonyl (C=O) groups excluding carboxylic acids is 1. The van der Waals surface area contributed by atoms with E-state index in [2.05, 4.69) is 20.8 Å². The van der Waals surface area contributed by atoms with E-state index < -0.39 is 0 Å². The molecule has 104 valence electrons. The molecule has 6 unspecified atom stereocenters. The van der Waals surface area contributed by atoms with Gasteiger partial charge in [-0.25, -0.2) is 0 Å². The van der Waals surface area contributed by atoms with Crippen molar-refractivity contribution in [2.45, 2.75) is 65.4 Å². The Kier molecular flexibility index (Phi) is 4.47. The highest BCUT2D eigenvalue weighted by atomic mass is 16.3. The molecule has 2 rings (SSSR count). The number of aliphatic hydroxyl groups excluding tert-OH is 1. The molecule has 2 heteroatoms. The van der Waals surface area contributed by atoms with E-state index >= 15 is 0 Å².